The fourth-order valence-corrected chi connectivity index (χ4v) is 2.95. The number of carbonyl (C=O) groups excluding carboxylic acids is 1. The lowest BCUT2D eigenvalue weighted by Crippen LogP contribution is -2.32. The van der Waals surface area contributed by atoms with E-state index in [4.69, 9.17) is 4.74 Å². The first-order valence-electron chi connectivity index (χ1n) is 8.85. The number of carbonyl (C=O) groups is 1. The Morgan fingerprint density at radius 2 is 2.20 bits per heavy atom. The van der Waals surface area contributed by atoms with E-state index in [1.165, 1.54) is 0 Å². The SMILES string of the molecule is CC1(c2ncc(CNC(=O)CCCn3cccn3)cn2)CCCCO1. The van der Waals surface area contributed by atoms with Crippen LogP contribution in [0.3, 0.4) is 0 Å². The first-order valence-corrected chi connectivity index (χ1v) is 8.85. The maximum atomic E-state index is 11.9. The molecule has 7 nitrogen and oxygen atoms in total. The summed E-state index contributed by atoms with van der Waals surface area (Å²) < 4.78 is 7.69. The van der Waals surface area contributed by atoms with E-state index >= 15 is 0 Å². The Bertz CT molecular complexity index is 663. The lowest BCUT2D eigenvalue weighted by molar-refractivity contribution is -0.121. The Hall–Kier alpha value is -2.28. The highest BCUT2D eigenvalue weighted by Gasteiger charge is 2.32. The van der Waals surface area contributed by atoms with E-state index in [1.54, 1.807) is 18.6 Å². The second kappa shape index (κ2) is 8.20. The van der Waals surface area contributed by atoms with Gasteiger partial charge in [0.05, 0.1) is 0 Å². The van der Waals surface area contributed by atoms with E-state index in [0.717, 1.165) is 50.2 Å². The number of aromatic nitrogens is 4. The predicted octanol–water partition coefficient (Wildman–Crippen LogP) is 2.19. The number of nitrogens with zero attached hydrogens (tertiary/aromatic N) is 4. The van der Waals surface area contributed by atoms with Gasteiger partial charge in [-0.05, 0) is 38.7 Å². The van der Waals surface area contributed by atoms with Crippen molar-refractivity contribution in [2.24, 2.45) is 0 Å². The molecule has 3 rings (SSSR count). The highest BCUT2D eigenvalue weighted by atomic mass is 16.5. The Kier molecular flexibility index (Phi) is 5.75. The Morgan fingerprint density at radius 3 is 2.88 bits per heavy atom. The summed E-state index contributed by atoms with van der Waals surface area (Å²) in [6.07, 6.45) is 11.6. The van der Waals surface area contributed by atoms with Gasteiger partial charge in [0.25, 0.3) is 0 Å². The maximum absolute atomic E-state index is 11.9. The van der Waals surface area contributed by atoms with Crippen LogP contribution in [-0.4, -0.2) is 32.3 Å². The normalized spacial score (nSPS) is 20.4. The van der Waals surface area contributed by atoms with Gasteiger partial charge in [0, 0.05) is 56.5 Å². The van der Waals surface area contributed by atoms with Crippen molar-refractivity contribution in [2.75, 3.05) is 6.61 Å². The van der Waals surface area contributed by atoms with Crippen LogP contribution < -0.4 is 5.32 Å². The molecule has 1 aliphatic rings. The van der Waals surface area contributed by atoms with Crippen LogP contribution in [0.1, 0.15) is 50.4 Å². The van der Waals surface area contributed by atoms with E-state index in [-0.39, 0.29) is 11.5 Å². The van der Waals surface area contributed by atoms with Crippen molar-refractivity contribution in [3.05, 3.63) is 42.2 Å². The lowest BCUT2D eigenvalue weighted by Gasteiger charge is -2.32. The van der Waals surface area contributed by atoms with Gasteiger partial charge in [-0.25, -0.2) is 9.97 Å². The topological polar surface area (TPSA) is 81.9 Å². The molecular weight excluding hydrogens is 318 g/mol. The summed E-state index contributed by atoms with van der Waals surface area (Å²) >= 11 is 0. The zero-order valence-electron chi connectivity index (χ0n) is 14.6. The lowest BCUT2D eigenvalue weighted by atomic mass is 9.95. The molecule has 0 aromatic carbocycles. The average molecular weight is 343 g/mol. The largest absolute Gasteiger partial charge is 0.367 e. The molecule has 1 N–H and O–H groups in total. The molecule has 1 saturated heterocycles. The van der Waals surface area contributed by atoms with Gasteiger partial charge in [0.1, 0.15) is 5.60 Å². The zero-order valence-corrected chi connectivity index (χ0v) is 14.6. The molecule has 7 heteroatoms. The molecule has 0 aliphatic carbocycles. The van der Waals surface area contributed by atoms with Crippen molar-refractivity contribution < 1.29 is 9.53 Å². The number of nitrogens with one attached hydrogen (secondary N) is 1. The molecule has 134 valence electrons. The van der Waals surface area contributed by atoms with Crippen molar-refractivity contribution in [3.8, 4) is 0 Å². The summed E-state index contributed by atoms with van der Waals surface area (Å²) in [5.41, 5.74) is 0.510. The Labute approximate surface area is 147 Å². The number of rotatable bonds is 7. The van der Waals surface area contributed by atoms with Gasteiger partial charge in [0.2, 0.25) is 5.91 Å². The number of aryl methyl sites for hydroxylation is 1. The predicted molar refractivity (Wildman–Crippen MR) is 92.5 cm³/mol. The van der Waals surface area contributed by atoms with Gasteiger partial charge >= 0.3 is 0 Å². The summed E-state index contributed by atoms with van der Waals surface area (Å²) in [6, 6.07) is 1.88. The number of amides is 1. The number of hydrogen-bond donors (Lipinski definition) is 1. The molecule has 1 amide bonds. The summed E-state index contributed by atoms with van der Waals surface area (Å²) in [7, 11) is 0. The highest BCUT2D eigenvalue weighted by molar-refractivity contribution is 5.75. The molecular formula is C18H25N5O2. The standard InChI is InChI=1S/C18H25N5O2/c1-18(7-2-3-11-25-18)17-20-13-15(14-21-17)12-19-16(24)6-4-9-23-10-5-8-22-23/h5,8,10,13-14H,2-4,6-7,9,11-12H2,1H3,(H,19,24). The van der Waals surface area contributed by atoms with E-state index < -0.39 is 0 Å². The molecule has 25 heavy (non-hydrogen) atoms. The van der Waals surface area contributed by atoms with Crippen LogP contribution in [-0.2, 0) is 28.2 Å². The van der Waals surface area contributed by atoms with Crippen LogP contribution >= 0.6 is 0 Å². The van der Waals surface area contributed by atoms with Crippen LogP contribution in [0.2, 0.25) is 0 Å². The molecule has 1 fully saturated rings. The van der Waals surface area contributed by atoms with Crippen LogP contribution in [0, 0.1) is 0 Å². The van der Waals surface area contributed by atoms with Gasteiger partial charge in [-0.1, -0.05) is 0 Å². The van der Waals surface area contributed by atoms with E-state index in [0.29, 0.717) is 13.0 Å². The monoisotopic (exact) mass is 343 g/mol. The molecule has 0 bridgehead atoms. The molecule has 1 atom stereocenters. The van der Waals surface area contributed by atoms with Gasteiger partial charge in [0.15, 0.2) is 5.82 Å². The van der Waals surface area contributed by atoms with E-state index in [1.807, 2.05) is 23.9 Å². The highest BCUT2D eigenvalue weighted by Crippen LogP contribution is 2.32. The van der Waals surface area contributed by atoms with Gasteiger partial charge in [-0.2, -0.15) is 5.10 Å². The zero-order chi connectivity index (χ0) is 17.5. The number of hydrogen-bond acceptors (Lipinski definition) is 5. The van der Waals surface area contributed by atoms with E-state index in [9.17, 15) is 4.79 Å². The molecule has 2 aromatic rings. The Balaban J connectivity index is 1.42. The summed E-state index contributed by atoms with van der Waals surface area (Å²) in [4.78, 5) is 20.8. The summed E-state index contributed by atoms with van der Waals surface area (Å²) in [5, 5.41) is 7.02. The fraction of sp³-hybridized carbons (Fsp3) is 0.556. The van der Waals surface area contributed by atoms with Crippen molar-refractivity contribution >= 4 is 5.91 Å². The molecule has 0 radical (unpaired) electrons. The first-order chi connectivity index (χ1) is 12.2. The smallest absolute Gasteiger partial charge is 0.220 e. The second-order valence-corrected chi connectivity index (χ2v) is 6.60. The molecule has 1 unspecified atom stereocenters. The number of ether oxygens (including phenoxy) is 1. The van der Waals surface area contributed by atoms with Crippen molar-refractivity contribution in [2.45, 2.75) is 57.7 Å². The van der Waals surface area contributed by atoms with E-state index in [2.05, 4.69) is 20.4 Å². The summed E-state index contributed by atoms with van der Waals surface area (Å²) in [5.74, 6) is 0.750. The minimum absolute atomic E-state index is 0.0267. The average Bonchev–Trinajstić information content (AvgIpc) is 3.14. The summed E-state index contributed by atoms with van der Waals surface area (Å²) in [6.45, 7) is 3.99. The second-order valence-electron chi connectivity index (χ2n) is 6.60. The molecule has 3 heterocycles. The minimum atomic E-state index is -0.382. The van der Waals surface area contributed by atoms with Crippen molar-refractivity contribution in [3.63, 3.8) is 0 Å². The van der Waals surface area contributed by atoms with Crippen molar-refractivity contribution in [1.29, 1.82) is 0 Å². The van der Waals surface area contributed by atoms with Crippen LogP contribution in [0.4, 0.5) is 0 Å². The molecule has 0 spiro atoms. The third-order valence-electron chi connectivity index (χ3n) is 4.49. The van der Waals surface area contributed by atoms with Gasteiger partial charge in [-0.15, -0.1) is 0 Å². The fourth-order valence-electron chi connectivity index (χ4n) is 2.95. The van der Waals surface area contributed by atoms with Gasteiger partial charge in [-0.3, -0.25) is 9.48 Å². The Morgan fingerprint density at radius 1 is 1.36 bits per heavy atom. The van der Waals surface area contributed by atoms with Crippen LogP contribution in [0.25, 0.3) is 0 Å². The molecule has 0 saturated carbocycles. The van der Waals surface area contributed by atoms with Gasteiger partial charge < -0.3 is 10.1 Å². The maximum Gasteiger partial charge on any atom is 0.220 e. The quantitative estimate of drug-likeness (QED) is 0.833. The first kappa shape index (κ1) is 17.5. The van der Waals surface area contributed by atoms with Crippen molar-refractivity contribution in [1.82, 2.24) is 25.1 Å². The minimum Gasteiger partial charge on any atom is -0.367 e. The molecule has 2 aromatic heterocycles. The third-order valence-corrected chi connectivity index (χ3v) is 4.49. The third kappa shape index (κ3) is 4.85. The van der Waals surface area contributed by atoms with Crippen LogP contribution in [0.15, 0.2) is 30.9 Å². The van der Waals surface area contributed by atoms with Crippen LogP contribution in [0.5, 0.6) is 0 Å². The molecule has 1 aliphatic heterocycles.